The van der Waals surface area contributed by atoms with Gasteiger partial charge in [0.05, 0.1) is 6.10 Å². The summed E-state index contributed by atoms with van der Waals surface area (Å²) in [6, 6.07) is 3.88. The molecule has 0 radical (unpaired) electrons. The SMILES string of the molecule is COC(CCc1ccc2c(N)ncnn12)COC(=O)N1CCCCC1. The summed E-state index contributed by atoms with van der Waals surface area (Å²) in [5, 5.41) is 4.23. The van der Waals surface area contributed by atoms with Crippen LogP contribution in [0.4, 0.5) is 10.6 Å². The molecule has 1 aliphatic heterocycles. The minimum Gasteiger partial charge on any atom is -0.447 e. The van der Waals surface area contributed by atoms with Crippen LogP contribution in [0.3, 0.4) is 0 Å². The number of nitrogens with two attached hydrogens (primary N) is 1. The van der Waals surface area contributed by atoms with Crippen LogP contribution in [0.25, 0.3) is 5.52 Å². The second-order valence-corrected chi connectivity index (χ2v) is 6.29. The van der Waals surface area contributed by atoms with Gasteiger partial charge in [-0.3, -0.25) is 0 Å². The van der Waals surface area contributed by atoms with Gasteiger partial charge in [-0.25, -0.2) is 14.3 Å². The minimum absolute atomic E-state index is 0.154. The normalized spacial score (nSPS) is 16.1. The molecule has 8 heteroatoms. The molecule has 1 saturated heterocycles. The van der Waals surface area contributed by atoms with E-state index in [0.717, 1.165) is 50.0 Å². The summed E-state index contributed by atoms with van der Waals surface area (Å²) in [5.74, 6) is 0.458. The zero-order chi connectivity index (χ0) is 17.6. The van der Waals surface area contributed by atoms with Crippen molar-refractivity contribution < 1.29 is 14.3 Å². The number of likely N-dealkylation sites (tertiary alicyclic amines) is 1. The highest BCUT2D eigenvalue weighted by Crippen LogP contribution is 2.16. The number of anilines is 1. The van der Waals surface area contributed by atoms with E-state index in [4.69, 9.17) is 15.2 Å². The summed E-state index contributed by atoms with van der Waals surface area (Å²) in [7, 11) is 1.63. The minimum atomic E-state index is -0.240. The third-order valence-electron chi connectivity index (χ3n) is 4.62. The average molecular weight is 347 g/mol. The third kappa shape index (κ3) is 4.19. The predicted molar refractivity (Wildman–Crippen MR) is 93.3 cm³/mol. The second-order valence-electron chi connectivity index (χ2n) is 6.29. The van der Waals surface area contributed by atoms with Gasteiger partial charge in [0.25, 0.3) is 0 Å². The quantitative estimate of drug-likeness (QED) is 0.857. The number of methoxy groups -OCH3 is 1. The molecule has 2 aromatic heterocycles. The summed E-state index contributed by atoms with van der Waals surface area (Å²) >= 11 is 0. The van der Waals surface area contributed by atoms with Gasteiger partial charge in [0.15, 0.2) is 5.82 Å². The molecule has 0 bridgehead atoms. The van der Waals surface area contributed by atoms with Gasteiger partial charge in [0.1, 0.15) is 18.5 Å². The maximum atomic E-state index is 12.1. The number of ether oxygens (including phenoxy) is 2. The fourth-order valence-corrected chi connectivity index (χ4v) is 3.11. The Kier molecular flexibility index (Phi) is 5.70. The van der Waals surface area contributed by atoms with E-state index in [1.807, 2.05) is 12.1 Å². The van der Waals surface area contributed by atoms with Crippen molar-refractivity contribution in [2.24, 2.45) is 0 Å². The number of hydrogen-bond acceptors (Lipinski definition) is 6. The summed E-state index contributed by atoms with van der Waals surface area (Å²) < 4.78 is 12.7. The predicted octanol–water partition coefficient (Wildman–Crippen LogP) is 1.88. The number of amides is 1. The first-order valence-corrected chi connectivity index (χ1v) is 8.70. The van der Waals surface area contributed by atoms with Crippen molar-refractivity contribution in [3.8, 4) is 0 Å². The van der Waals surface area contributed by atoms with Gasteiger partial charge in [-0.1, -0.05) is 0 Å². The molecule has 25 heavy (non-hydrogen) atoms. The van der Waals surface area contributed by atoms with Crippen LogP contribution in [0.1, 0.15) is 31.4 Å². The number of carbonyl (C=O) groups is 1. The van der Waals surface area contributed by atoms with Crippen molar-refractivity contribution in [2.75, 3.05) is 32.5 Å². The molecule has 2 N–H and O–H groups in total. The Morgan fingerprint density at radius 2 is 2.12 bits per heavy atom. The Labute approximate surface area is 146 Å². The third-order valence-corrected chi connectivity index (χ3v) is 4.62. The standard InChI is InChI=1S/C17H25N5O3/c1-24-14(11-25-17(23)21-9-3-2-4-10-21)7-5-13-6-8-15-16(18)19-12-20-22(13)15/h6,8,12,14H,2-5,7,9-11H2,1H3,(H2,18,19,20). The van der Waals surface area contributed by atoms with E-state index in [9.17, 15) is 4.79 Å². The van der Waals surface area contributed by atoms with Crippen molar-refractivity contribution in [1.82, 2.24) is 19.5 Å². The Bertz CT molecular complexity index is 711. The van der Waals surface area contributed by atoms with Crippen molar-refractivity contribution in [3.05, 3.63) is 24.2 Å². The topological polar surface area (TPSA) is 95.0 Å². The zero-order valence-electron chi connectivity index (χ0n) is 14.6. The molecule has 1 unspecified atom stereocenters. The van der Waals surface area contributed by atoms with E-state index in [2.05, 4.69) is 10.1 Å². The zero-order valence-corrected chi connectivity index (χ0v) is 14.6. The fraction of sp³-hybridized carbons (Fsp3) is 0.588. The van der Waals surface area contributed by atoms with Crippen molar-refractivity contribution in [2.45, 2.75) is 38.2 Å². The molecule has 8 nitrogen and oxygen atoms in total. The Morgan fingerprint density at radius 1 is 1.32 bits per heavy atom. The lowest BCUT2D eigenvalue weighted by atomic mass is 10.1. The van der Waals surface area contributed by atoms with Gasteiger partial charge in [0, 0.05) is 25.9 Å². The Morgan fingerprint density at radius 3 is 2.88 bits per heavy atom. The first-order valence-electron chi connectivity index (χ1n) is 8.70. The lowest BCUT2D eigenvalue weighted by Crippen LogP contribution is -2.37. The summed E-state index contributed by atoms with van der Waals surface area (Å²) in [5.41, 5.74) is 7.66. The Hall–Kier alpha value is -2.35. The number of nitrogen functional groups attached to an aromatic ring is 1. The number of nitrogens with zero attached hydrogens (tertiary/aromatic N) is 4. The molecule has 0 saturated carbocycles. The van der Waals surface area contributed by atoms with Crippen LogP contribution in [0, 0.1) is 0 Å². The van der Waals surface area contributed by atoms with Crippen LogP contribution in [0.5, 0.6) is 0 Å². The molecule has 136 valence electrons. The van der Waals surface area contributed by atoms with E-state index < -0.39 is 0 Å². The fourth-order valence-electron chi connectivity index (χ4n) is 3.11. The van der Waals surface area contributed by atoms with Gasteiger partial charge >= 0.3 is 6.09 Å². The van der Waals surface area contributed by atoms with E-state index in [1.165, 1.54) is 12.7 Å². The lowest BCUT2D eigenvalue weighted by Gasteiger charge is -2.26. The number of hydrogen-bond donors (Lipinski definition) is 1. The van der Waals surface area contributed by atoms with Gasteiger partial charge in [-0.05, 0) is 44.2 Å². The molecule has 1 aliphatic rings. The van der Waals surface area contributed by atoms with Crippen LogP contribution in [0.15, 0.2) is 18.5 Å². The summed E-state index contributed by atoms with van der Waals surface area (Å²) in [4.78, 5) is 17.8. The summed E-state index contributed by atoms with van der Waals surface area (Å²) in [6.45, 7) is 1.83. The molecule has 0 aliphatic carbocycles. The van der Waals surface area contributed by atoms with Crippen molar-refractivity contribution in [1.29, 1.82) is 0 Å². The largest absolute Gasteiger partial charge is 0.447 e. The van der Waals surface area contributed by atoms with Gasteiger partial charge in [0.2, 0.25) is 0 Å². The van der Waals surface area contributed by atoms with Crippen LogP contribution in [-0.4, -0.2) is 58.5 Å². The van der Waals surface area contributed by atoms with Crippen molar-refractivity contribution in [3.63, 3.8) is 0 Å². The van der Waals surface area contributed by atoms with E-state index in [-0.39, 0.29) is 18.8 Å². The van der Waals surface area contributed by atoms with Crippen LogP contribution >= 0.6 is 0 Å². The molecule has 1 fully saturated rings. The highest BCUT2D eigenvalue weighted by molar-refractivity contribution is 5.67. The number of aryl methyl sites for hydroxylation is 1. The molecular weight excluding hydrogens is 322 g/mol. The highest BCUT2D eigenvalue weighted by atomic mass is 16.6. The molecule has 3 heterocycles. The average Bonchev–Trinajstić information content (AvgIpc) is 3.07. The molecule has 2 aromatic rings. The second kappa shape index (κ2) is 8.15. The first-order chi connectivity index (χ1) is 12.2. The van der Waals surface area contributed by atoms with E-state index in [1.54, 1.807) is 16.5 Å². The lowest BCUT2D eigenvalue weighted by molar-refractivity contribution is 0.0167. The number of carbonyl (C=O) groups excluding carboxylic acids is 1. The van der Waals surface area contributed by atoms with Crippen molar-refractivity contribution >= 4 is 17.4 Å². The van der Waals surface area contributed by atoms with E-state index in [0.29, 0.717) is 5.82 Å². The van der Waals surface area contributed by atoms with Crippen LogP contribution in [0.2, 0.25) is 0 Å². The van der Waals surface area contributed by atoms with Crippen LogP contribution in [-0.2, 0) is 15.9 Å². The van der Waals surface area contributed by atoms with Gasteiger partial charge < -0.3 is 20.1 Å². The molecule has 1 amide bonds. The molecule has 3 rings (SSSR count). The molecule has 1 atom stereocenters. The maximum Gasteiger partial charge on any atom is 0.409 e. The van der Waals surface area contributed by atoms with Gasteiger partial charge in [-0.15, -0.1) is 0 Å². The molecule has 0 spiro atoms. The smallest absolute Gasteiger partial charge is 0.409 e. The van der Waals surface area contributed by atoms with E-state index >= 15 is 0 Å². The molecular formula is C17H25N5O3. The molecule has 0 aromatic carbocycles. The number of piperidine rings is 1. The van der Waals surface area contributed by atoms with Crippen LogP contribution < -0.4 is 5.73 Å². The number of aromatic nitrogens is 3. The monoisotopic (exact) mass is 347 g/mol. The highest BCUT2D eigenvalue weighted by Gasteiger charge is 2.19. The van der Waals surface area contributed by atoms with Gasteiger partial charge in [-0.2, -0.15) is 5.10 Å². The number of rotatable bonds is 6. The summed E-state index contributed by atoms with van der Waals surface area (Å²) in [6.07, 6.45) is 5.80. The first kappa shape index (κ1) is 17.5. The Balaban J connectivity index is 1.51. The maximum absolute atomic E-state index is 12.1. The number of fused-ring (bicyclic) bond motifs is 1.